The van der Waals surface area contributed by atoms with Crippen LogP contribution in [0.5, 0.6) is 11.5 Å². The van der Waals surface area contributed by atoms with Gasteiger partial charge in [0.05, 0.1) is 13.7 Å². The van der Waals surface area contributed by atoms with E-state index in [9.17, 15) is 0 Å². The van der Waals surface area contributed by atoms with Crippen molar-refractivity contribution in [1.82, 2.24) is 20.1 Å². The lowest BCUT2D eigenvalue weighted by molar-refractivity contribution is 0.284. The van der Waals surface area contributed by atoms with E-state index in [0.29, 0.717) is 12.6 Å². The molecule has 2 heterocycles. The average molecular weight is 399 g/mol. The van der Waals surface area contributed by atoms with Gasteiger partial charge < -0.3 is 14.8 Å². The molecule has 1 aliphatic heterocycles. The lowest BCUT2D eigenvalue weighted by Gasteiger charge is -2.23. The van der Waals surface area contributed by atoms with E-state index in [-0.39, 0.29) is 0 Å². The zero-order chi connectivity index (χ0) is 19.3. The summed E-state index contributed by atoms with van der Waals surface area (Å²) in [4.78, 5) is 4.27. The van der Waals surface area contributed by atoms with Gasteiger partial charge in [-0.05, 0) is 41.8 Å². The monoisotopic (exact) mass is 398 g/mol. The summed E-state index contributed by atoms with van der Waals surface area (Å²) >= 11 is 5.92. The molecule has 0 radical (unpaired) electrons. The van der Waals surface area contributed by atoms with Crippen molar-refractivity contribution in [1.29, 1.82) is 0 Å². The van der Waals surface area contributed by atoms with E-state index in [1.54, 1.807) is 13.4 Å². The predicted octanol–water partition coefficient (Wildman–Crippen LogP) is 3.62. The van der Waals surface area contributed by atoms with Crippen LogP contribution in [0.4, 0.5) is 0 Å². The van der Waals surface area contributed by atoms with Crippen molar-refractivity contribution in [2.75, 3.05) is 7.11 Å². The molecule has 0 fully saturated rings. The molecule has 0 aliphatic carbocycles. The van der Waals surface area contributed by atoms with Crippen molar-refractivity contribution in [3.8, 4) is 11.5 Å². The third-order valence-electron chi connectivity index (χ3n) is 4.94. The van der Waals surface area contributed by atoms with E-state index in [1.807, 2.05) is 41.1 Å². The van der Waals surface area contributed by atoms with Gasteiger partial charge >= 0.3 is 0 Å². The Balaban J connectivity index is 1.34. The molecule has 0 bridgehead atoms. The van der Waals surface area contributed by atoms with Crippen LogP contribution in [0.3, 0.4) is 0 Å². The summed E-state index contributed by atoms with van der Waals surface area (Å²) < 4.78 is 13.4. The number of hydrogen-bond acceptors (Lipinski definition) is 5. The zero-order valence-corrected chi connectivity index (χ0v) is 16.5. The predicted molar refractivity (Wildman–Crippen MR) is 108 cm³/mol. The highest BCUT2D eigenvalue weighted by atomic mass is 35.5. The van der Waals surface area contributed by atoms with Crippen molar-refractivity contribution in [3.05, 3.63) is 70.8 Å². The van der Waals surface area contributed by atoms with E-state index < -0.39 is 0 Å². The Morgan fingerprint density at radius 1 is 1.14 bits per heavy atom. The number of rotatable bonds is 7. The Hall–Kier alpha value is -2.57. The minimum absolute atomic E-state index is 0.390. The van der Waals surface area contributed by atoms with Crippen molar-refractivity contribution in [2.45, 2.75) is 38.6 Å². The van der Waals surface area contributed by atoms with Crippen LogP contribution in [0.15, 0.2) is 48.8 Å². The minimum atomic E-state index is 0.390. The molecule has 0 saturated heterocycles. The summed E-state index contributed by atoms with van der Waals surface area (Å²) in [7, 11) is 1.66. The van der Waals surface area contributed by atoms with Gasteiger partial charge in [-0.25, -0.2) is 9.67 Å². The third-order valence-corrected chi connectivity index (χ3v) is 5.19. The molecular formula is C21H23ClN4O2. The first kappa shape index (κ1) is 18.8. The van der Waals surface area contributed by atoms with Crippen LogP contribution in [0.25, 0.3) is 0 Å². The van der Waals surface area contributed by atoms with Gasteiger partial charge in [0.2, 0.25) is 0 Å². The number of nitrogens with one attached hydrogen (secondary N) is 1. The Bertz CT molecular complexity index is 926. The normalized spacial score (nSPS) is 15.9. The summed E-state index contributed by atoms with van der Waals surface area (Å²) in [5.41, 5.74) is 2.21. The highest BCUT2D eigenvalue weighted by Gasteiger charge is 2.19. The van der Waals surface area contributed by atoms with Gasteiger partial charge in [0.1, 0.15) is 18.8 Å². The van der Waals surface area contributed by atoms with Crippen LogP contribution in [0.1, 0.15) is 23.4 Å². The minimum Gasteiger partial charge on any atom is -0.493 e. The summed E-state index contributed by atoms with van der Waals surface area (Å²) in [6.07, 6.45) is 3.65. The van der Waals surface area contributed by atoms with Crippen LogP contribution in [0.2, 0.25) is 5.02 Å². The molecule has 2 aromatic carbocycles. The fourth-order valence-electron chi connectivity index (χ4n) is 3.35. The molecule has 7 heteroatoms. The molecule has 4 rings (SSSR count). The van der Waals surface area contributed by atoms with Crippen LogP contribution < -0.4 is 14.8 Å². The molecular weight excluding hydrogens is 376 g/mol. The Kier molecular flexibility index (Phi) is 5.78. The second-order valence-corrected chi connectivity index (χ2v) is 7.31. The SMILES string of the molecule is COc1cc(CNC2CCc3ncnn3C2)ccc1OCc1ccc(Cl)cc1. The van der Waals surface area contributed by atoms with Crippen molar-refractivity contribution >= 4 is 11.6 Å². The summed E-state index contributed by atoms with van der Waals surface area (Å²) in [5.74, 6) is 2.53. The standard InChI is InChI=1S/C21H23ClN4O2/c1-27-20-10-16(11-23-18-7-9-21-24-14-25-26(21)12-18)4-8-19(20)28-13-15-2-5-17(22)6-3-15/h2-6,8,10,14,18,23H,7,9,11-13H2,1H3. The molecule has 0 saturated carbocycles. The van der Waals surface area contributed by atoms with Crippen LogP contribution in [0, 0.1) is 0 Å². The molecule has 1 unspecified atom stereocenters. The van der Waals surface area contributed by atoms with Crippen LogP contribution in [-0.2, 0) is 26.1 Å². The zero-order valence-electron chi connectivity index (χ0n) is 15.8. The number of ether oxygens (including phenoxy) is 2. The van der Waals surface area contributed by atoms with Gasteiger partial charge in [-0.15, -0.1) is 0 Å². The van der Waals surface area contributed by atoms with E-state index >= 15 is 0 Å². The second-order valence-electron chi connectivity index (χ2n) is 6.88. The molecule has 0 amide bonds. The van der Waals surface area contributed by atoms with Gasteiger partial charge in [0, 0.05) is 24.0 Å². The number of aromatic nitrogens is 3. The van der Waals surface area contributed by atoms with Crippen LogP contribution in [-0.4, -0.2) is 27.9 Å². The quantitative estimate of drug-likeness (QED) is 0.658. The summed E-state index contributed by atoms with van der Waals surface area (Å²) in [6.45, 7) is 2.09. The van der Waals surface area contributed by atoms with Crippen LogP contribution >= 0.6 is 11.6 Å². The summed E-state index contributed by atoms with van der Waals surface area (Å²) in [5, 5.41) is 8.60. The van der Waals surface area contributed by atoms with E-state index in [2.05, 4.69) is 21.5 Å². The van der Waals surface area contributed by atoms with Crippen molar-refractivity contribution in [2.24, 2.45) is 0 Å². The smallest absolute Gasteiger partial charge is 0.161 e. The summed E-state index contributed by atoms with van der Waals surface area (Å²) in [6, 6.07) is 14.1. The molecule has 1 aromatic heterocycles. The molecule has 1 atom stereocenters. The lowest BCUT2D eigenvalue weighted by atomic mass is 10.1. The number of nitrogens with zero attached hydrogens (tertiary/aromatic N) is 3. The third kappa shape index (κ3) is 4.46. The van der Waals surface area contributed by atoms with Gasteiger partial charge in [-0.2, -0.15) is 5.10 Å². The van der Waals surface area contributed by atoms with E-state index in [4.69, 9.17) is 21.1 Å². The molecule has 0 spiro atoms. The molecule has 6 nitrogen and oxygen atoms in total. The Morgan fingerprint density at radius 2 is 1.96 bits per heavy atom. The lowest BCUT2D eigenvalue weighted by Crippen LogP contribution is -2.37. The first-order valence-corrected chi connectivity index (χ1v) is 9.73. The number of benzene rings is 2. The second kappa shape index (κ2) is 8.63. The average Bonchev–Trinajstić information content (AvgIpc) is 3.20. The maximum atomic E-state index is 5.93. The van der Waals surface area contributed by atoms with Gasteiger partial charge in [-0.1, -0.05) is 29.8 Å². The van der Waals surface area contributed by atoms with Crippen molar-refractivity contribution in [3.63, 3.8) is 0 Å². The van der Waals surface area contributed by atoms with Gasteiger partial charge in [0.15, 0.2) is 11.5 Å². The number of fused-ring (bicyclic) bond motifs is 1. The molecule has 1 N–H and O–H groups in total. The maximum Gasteiger partial charge on any atom is 0.161 e. The first-order chi connectivity index (χ1) is 13.7. The number of methoxy groups -OCH3 is 1. The van der Waals surface area contributed by atoms with E-state index in [1.165, 1.54) is 0 Å². The molecule has 146 valence electrons. The van der Waals surface area contributed by atoms with Gasteiger partial charge in [0.25, 0.3) is 0 Å². The molecule has 28 heavy (non-hydrogen) atoms. The molecule has 1 aliphatic rings. The van der Waals surface area contributed by atoms with E-state index in [0.717, 1.165) is 59.4 Å². The topological polar surface area (TPSA) is 61.2 Å². The molecule has 3 aromatic rings. The van der Waals surface area contributed by atoms with Crippen molar-refractivity contribution < 1.29 is 9.47 Å². The largest absolute Gasteiger partial charge is 0.493 e. The van der Waals surface area contributed by atoms with Gasteiger partial charge in [-0.3, -0.25) is 0 Å². The highest BCUT2D eigenvalue weighted by molar-refractivity contribution is 6.30. The number of halogens is 1. The number of hydrogen-bond donors (Lipinski definition) is 1. The Labute approximate surface area is 169 Å². The fourth-order valence-corrected chi connectivity index (χ4v) is 3.48. The Morgan fingerprint density at radius 3 is 2.79 bits per heavy atom. The fraction of sp³-hybridized carbons (Fsp3) is 0.333. The first-order valence-electron chi connectivity index (χ1n) is 9.35. The number of aryl methyl sites for hydroxylation is 1. The maximum absolute atomic E-state index is 5.93. The highest BCUT2D eigenvalue weighted by Crippen LogP contribution is 2.29.